The summed E-state index contributed by atoms with van der Waals surface area (Å²) < 4.78 is 1.81. The summed E-state index contributed by atoms with van der Waals surface area (Å²) in [5, 5.41) is 8.34. The number of halogens is 1. The molecule has 0 spiro atoms. The van der Waals surface area contributed by atoms with E-state index in [4.69, 9.17) is 11.6 Å². The summed E-state index contributed by atoms with van der Waals surface area (Å²) in [5.41, 5.74) is 2.07. The van der Waals surface area contributed by atoms with Gasteiger partial charge < -0.3 is 10.2 Å². The molecule has 3 aromatic heterocycles. The van der Waals surface area contributed by atoms with Crippen LogP contribution >= 0.6 is 11.6 Å². The van der Waals surface area contributed by atoms with Crippen molar-refractivity contribution in [1.82, 2.24) is 29.8 Å². The number of nitrogens with one attached hydrogen (secondary N) is 1. The van der Waals surface area contributed by atoms with Crippen LogP contribution in [0.3, 0.4) is 0 Å². The minimum atomic E-state index is -0.00857. The molecule has 0 saturated carbocycles. The average molecular weight is 440 g/mol. The highest BCUT2D eigenvalue weighted by Crippen LogP contribution is 2.32. The molecule has 8 nitrogen and oxygen atoms in total. The Kier molecular flexibility index (Phi) is 5.74. The van der Waals surface area contributed by atoms with Crippen LogP contribution in [0.5, 0.6) is 0 Å². The molecule has 2 fully saturated rings. The van der Waals surface area contributed by atoms with Crippen LogP contribution in [0.4, 0.5) is 10.6 Å². The predicted octanol–water partition coefficient (Wildman–Crippen LogP) is 3.34. The largest absolute Gasteiger partial charge is 0.326 e. The monoisotopic (exact) mass is 439 g/mol. The molecule has 0 bridgehead atoms. The van der Waals surface area contributed by atoms with Gasteiger partial charge in [0.15, 0.2) is 11.5 Å². The third kappa shape index (κ3) is 3.97. The molecule has 31 heavy (non-hydrogen) atoms. The van der Waals surface area contributed by atoms with Gasteiger partial charge in [0.25, 0.3) is 0 Å². The molecule has 2 aliphatic rings. The summed E-state index contributed by atoms with van der Waals surface area (Å²) in [6.07, 6.45) is 11.1. The van der Waals surface area contributed by atoms with Crippen LogP contribution in [-0.2, 0) is 0 Å². The molecule has 2 saturated heterocycles. The van der Waals surface area contributed by atoms with Gasteiger partial charge in [-0.15, -0.1) is 0 Å². The van der Waals surface area contributed by atoms with Gasteiger partial charge in [-0.1, -0.05) is 11.6 Å². The van der Waals surface area contributed by atoms with Crippen LogP contribution < -0.4 is 10.2 Å². The normalized spacial score (nSPS) is 20.2. The van der Waals surface area contributed by atoms with Gasteiger partial charge in [0, 0.05) is 43.8 Å². The van der Waals surface area contributed by atoms with Crippen LogP contribution in [0, 0.1) is 0 Å². The van der Waals surface area contributed by atoms with Crippen molar-refractivity contribution in [2.24, 2.45) is 0 Å². The molecule has 5 rings (SSSR count). The summed E-state index contributed by atoms with van der Waals surface area (Å²) in [4.78, 5) is 26.4. The van der Waals surface area contributed by atoms with Crippen molar-refractivity contribution in [2.45, 2.75) is 37.6 Å². The lowest BCUT2D eigenvalue weighted by molar-refractivity contribution is 0.184. The van der Waals surface area contributed by atoms with Gasteiger partial charge in [-0.3, -0.25) is 4.90 Å². The Morgan fingerprint density at radius 3 is 2.77 bits per heavy atom. The minimum absolute atomic E-state index is 0.00857. The average Bonchev–Trinajstić information content (AvgIpc) is 3.25. The maximum atomic E-state index is 13.7. The van der Waals surface area contributed by atoms with Crippen molar-refractivity contribution in [3.8, 4) is 0 Å². The lowest BCUT2D eigenvalue weighted by atomic mass is 9.91. The molecular weight excluding hydrogens is 414 g/mol. The molecule has 162 valence electrons. The molecular formula is C22H26ClN7O. The second-order valence-corrected chi connectivity index (χ2v) is 8.62. The van der Waals surface area contributed by atoms with E-state index in [0.29, 0.717) is 29.8 Å². The Hall–Kier alpha value is -2.71. The van der Waals surface area contributed by atoms with Crippen LogP contribution in [0.1, 0.15) is 37.2 Å². The van der Waals surface area contributed by atoms with Gasteiger partial charge in [0.1, 0.15) is 0 Å². The molecule has 5 heterocycles. The number of piperidine rings is 2. The lowest BCUT2D eigenvalue weighted by Gasteiger charge is -2.40. The third-order valence-electron chi connectivity index (χ3n) is 6.32. The topological polar surface area (TPSA) is 78.7 Å². The van der Waals surface area contributed by atoms with E-state index in [-0.39, 0.29) is 12.1 Å². The van der Waals surface area contributed by atoms with Crippen LogP contribution in [-0.4, -0.2) is 62.7 Å². The van der Waals surface area contributed by atoms with Crippen molar-refractivity contribution in [3.05, 3.63) is 53.6 Å². The molecule has 0 radical (unpaired) electrons. The van der Waals surface area contributed by atoms with Gasteiger partial charge in [-0.05, 0) is 56.3 Å². The van der Waals surface area contributed by atoms with Crippen LogP contribution in [0.25, 0.3) is 5.65 Å². The molecule has 9 heteroatoms. The number of rotatable bonds is 3. The highest BCUT2D eigenvalue weighted by Gasteiger charge is 2.34. The number of likely N-dealkylation sites (tertiary alicyclic amines) is 1. The Labute approximate surface area is 186 Å². The fraction of sp³-hybridized carbons (Fsp3) is 0.455. The zero-order chi connectivity index (χ0) is 21.2. The highest BCUT2D eigenvalue weighted by molar-refractivity contribution is 6.33. The Balaban J connectivity index is 1.34. The molecule has 2 aliphatic heterocycles. The van der Waals surface area contributed by atoms with Crippen LogP contribution in [0.2, 0.25) is 5.02 Å². The zero-order valence-corrected chi connectivity index (χ0v) is 18.1. The van der Waals surface area contributed by atoms with Crippen molar-refractivity contribution in [2.75, 3.05) is 31.1 Å². The van der Waals surface area contributed by atoms with E-state index in [9.17, 15) is 4.79 Å². The van der Waals surface area contributed by atoms with Gasteiger partial charge in [-0.25, -0.2) is 19.3 Å². The number of nitrogens with zero attached hydrogens (tertiary/aromatic N) is 6. The number of hydrogen-bond donors (Lipinski definition) is 1. The summed E-state index contributed by atoms with van der Waals surface area (Å²) in [7, 11) is 0. The first-order chi connectivity index (χ1) is 15.2. The number of carbonyl (C=O) groups is 1. The fourth-order valence-corrected chi connectivity index (χ4v) is 4.91. The van der Waals surface area contributed by atoms with E-state index >= 15 is 0 Å². The molecule has 2 amide bonds. The van der Waals surface area contributed by atoms with E-state index in [1.165, 1.54) is 0 Å². The van der Waals surface area contributed by atoms with E-state index < -0.39 is 0 Å². The quantitative estimate of drug-likeness (QED) is 0.677. The fourth-order valence-electron chi connectivity index (χ4n) is 4.70. The molecule has 3 aromatic rings. The van der Waals surface area contributed by atoms with Crippen molar-refractivity contribution >= 4 is 29.1 Å². The Morgan fingerprint density at radius 1 is 1.16 bits per heavy atom. The summed E-state index contributed by atoms with van der Waals surface area (Å²) in [6, 6.07) is 5.51. The summed E-state index contributed by atoms with van der Waals surface area (Å²) >= 11 is 6.46. The number of urea groups is 1. The molecule has 0 aliphatic carbocycles. The molecule has 1 atom stereocenters. The van der Waals surface area contributed by atoms with Crippen LogP contribution in [0.15, 0.2) is 43.0 Å². The maximum absolute atomic E-state index is 13.7. The number of amides is 2. The minimum Gasteiger partial charge on any atom is -0.324 e. The standard InChI is InChI=1S/C22H26ClN7O/c23-19-5-2-9-26-21(19)30(17-4-1-8-24-14-17)22(31)28-12-6-16(7-13-28)18-15-27-29-11-3-10-25-20(18)29/h2-3,5,9-11,15-17,24H,1,4,6-8,12-14H2/t17-/m1/s1. The Morgan fingerprint density at radius 2 is 2.00 bits per heavy atom. The first kappa shape index (κ1) is 20.2. The lowest BCUT2D eigenvalue weighted by Crippen LogP contribution is -2.55. The number of carbonyl (C=O) groups excluding carboxylic acids is 1. The highest BCUT2D eigenvalue weighted by atomic mass is 35.5. The van der Waals surface area contributed by atoms with Gasteiger partial charge >= 0.3 is 6.03 Å². The van der Waals surface area contributed by atoms with Crippen molar-refractivity contribution < 1.29 is 4.79 Å². The van der Waals surface area contributed by atoms with E-state index in [1.54, 1.807) is 24.5 Å². The number of pyridine rings is 1. The first-order valence-corrected chi connectivity index (χ1v) is 11.3. The number of aromatic nitrogens is 4. The van der Waals surface area contributed by atoms with Gasteiger partial charge in [0.2, 0.25) is 0 Å². The number of anilines is 1. The first-order valence-electron chi connectivity index (χ1n) is 10.9. The van der Waals surface area contributed by atoms with E-state index in [1.807, 2.05) is 32.8 Å². The van der Waals surface area contributed by atoms with E-state index in [2.05, 4.69) is 20.4 Å². The van der Waals surface area contributed by atoms with E-state index in [0.717, 1.165) is 50.0 Å². The summed E-state index contributed by atoms with van der Waals surface area (Å²) in [6.45, 7) is 3.11. The van der Waals surface area contributed by atoms with Gasteiger partial charge in [-0.2, -0.15) is 5.10 Å². The Bertz CT molecular complexity index is 1060. The smallest absolute Gasteiger partial charge is 0.324 e. The molecule has 0 aromatic carbocycles. The maximum Gasteiger partial charge on any atom is 0.326 e. The second-order valence-electron chi connectivity index (χ2n) is 8.21. The third-order valence-corrected chi connectivity index (χ3v) is 6.62. The molecule has 1 N–H and O–H groups in total. The predicted molar refractivity (Wildman–Crippen MR) is 120 cm³/mol. The molecule has 0 unspecified atom stereocenters. The van der Waals surface area contributed by atoms with Crippen molar-refractivity contribution in [1.29, 1.82) is 0 Å². The number of fused-ring (bicyclic) bond motifs is 1. The second kappa shape index (κ2) is 8.80. The zero-order valence-electron chi connectivity index (χ0n) is 17.3. The van der Waals surface area contributed by atoms with Gasteiger partial charge in [0.05, 0.1) is 17.3 Å². The van der Waals surface area contributed by atoms with Crippen molar-refractivity contribution in [3.63, 3.8) is 0 Å². The number of hydrogen-bond acceptors (Lipinski definition) is 5. The summed E-state index contributed by atoms with van der Waals surface area (Å²) in [5.74, 6) is 0.900. The SMILES string of the molecule is O=C(N1CCC(c2cnn3cccnc23)CC1)N(c1ncccc1Cl)[C@@H]1CCCNC1.